The second kappa shape index (κ2) is 4.67. The van der Waals surface area contributed by atoms with Crippen molar-refractivity contribution in [3.63, 3.8) is 0 Å². The monoisotopic (exact) mass is 274 g/mol. The Balaban J connectivity index is 2.17. The molecular formula is C14H11ClN2S. The van der Waals surface area contributed by atoms with Crippen molar-refractivity contribution < 1.29 is 0 Å². The minimum Gasteiger partial charge on any atom is -0.378 e. The molecule has 2 nitrogen and oxygen atoms in total. The number of aliphatic imine (C=N–C) groups is 1. The third-order valence-electron chi connectivity index (χ3n) is 2.86. The van der Waals surface area contributed by atoms with E-state index in [1.165, 1.54) is 17.3 Å². The summed E-state index contributed by atoms with van der Waals surface area (Å²) >= 11 is 7.85. The quantitative estimate of drug-likeness (QED) is 0.849. The Morgan fingerprint density at radius 3 is 2.61 bits per heavy atom. The Bertz CT molecular complexity index is 610. The minimum absolute atomic E-state index is 0.118. The Labute approximate surface area is 115 Å². The van der Waals surface area contributed by atoms with Gasteiger partial charge in [0.25, 0.3) is 0 Å². The molecule has 1 unspecified atom stereocenters. The van der Waals surface area contributed by atoms with Gasteiger partial charge in [-0.05, 0) is 17.7 Å². The summed E-state index contributed by atoms with van der Waals surface area (Å²) in [5, 5.41) is 1.44. The average Bonchev–Trinajstić information content (AvgIpc) is 2.39. The molecule has 3 rings (SSSR count). The van der Waals surface area contributed by atoms with Crippen LogP contribution in [0.2, 0.25) is 5.02 Å². The predicted octanol–water partition coefficient (Wildman–Crippen LogP) is 4.12. The Morgan fingerprint density at radius 2 is 1.83 bits per heavy atom. The van der Waals surface area contributed by atoms with Crippen molar-refractivity contribution in [1.82, 2.24) is 0 Å². The second-order valence-electron chi connectivity index (χ2n) is 4.03. The highest BCUT2D eigenvalue weighted by Crippen LogP contribution is 2.47. The number of hydrogen-bond donors (Lipinski definition) is 1. The highest BCUT2D eigenvalue weighted by Gasteiger charge is 2.25. The van der Waals surface area contributed by atoms with Crippen LogP contribution < -0.4 is 5.73 Å². The zero-order chi connectivity index (χ0) is 12.5. The summed E-state index contributed by atoms with van der Waals surface area (Å²) in [6.45, 7) is 0. The van der Waals surface area contributed by atoms with Crippen LogP contribution in [0.25, 0.3) is 0 Å². The van der Waals surface area contributed by atoms with Crippen molar-refractivity contribution in [2.24, 2.45) is 10.7 Å². The predicted molar refractivity (Wildman–Crippen MR) is 78.6 cm³/mol. The van der Waals surface area contributed by atoms with Crippen LogP contribution in [0.1, 0.15) is 16.4 Å². The SMILES string of the molecule is NC1=Nc2cccc(Cl)c2C(c2ccccc2)S1. The van der Waals surface area contributed by atoms with Crippen LogP contribution in [0.5, 0.6) is 0 Å². The first-order chi connectivity index (χ1) is 8.75. The van der Waals surface area contributed by atoms with Gasteiger partial charge in [0.2, 0.25) is 0 Å². The Morgan fingerprint density at radius 1 is 1.06 bits per heavy atom. The molecule has 0 fully saturated rings. The molecule has 1 aliphatic heterocycles. The second-order valence-corrected chi connectivity index (χ2v) is 5.56. The van der Waals surface area contributed by atoms with E-state index in [4.69, 9.17) is 17.3 Å². The number of nitrogens with two attached hydrogens (primary N) is 1. The van der Waals surface area contributed by atoms with Gasteiger partial charge in [-0.1, -0.05) is 59.8 Å². The van der Waals surface area contributed by atoms with Gasteiger partial charge < -0.3 is 5.73 Å². The number of benzene rings is 2. The Hall–Kier alpha value is -1.45. The average molecular weight is 275 g/mol. The first kappa shape index (κ1) is 11.6. The molecule has 0 aromatic heterocycles. The van der Waals surface area contributed by atoms with Crippen molar-refractivity contribution in [3.05, 3.63) is 64.7 Å². The van der Waals surface area contributed by atoms with Gasteiger partial charge in [0.1, 0.15) is 0 Å². The van der Waals surface area contributed by atoms with Crippen LogP contribution in [0, 0.1) is 0 Å². The van der Waals surface area contributed by atoms with E-state index in [0.717, 1.165) is 16.3 Å². The third kappa shape index (κ3) is 2.00. The van der Waals surface area contributed by atoms with E-state index in [9.17, 15) is 0 Å². The zero-order valence-corrected chi connectivity index (χ0v) is 11.1. The van der Waals surface area contributed by atoms with E-state index in [0.29, 0.717) is 5.17 Å². The summed E-state index contributed by atoms with van der Waals surface area (Å²) in [7, 11) is 0. The topological polar surface area (TPSA) is 38.4 Å². The molecular weight excluding hydrogens is 264 g/mol. The summed E-state index contributed by atoms with van der Waals surface area (Å²) < 4.78 is 0. The molecule has 1 aliphatic rings. The molecule has 0 bridgehead atoms. The molecule has 90 valence electrons. The fraction of sp³-hybridized carbons (Fsp3) is 0.0714. The molecule has 2 aromatic rings. The number of halogens is 1. The van der Waals surface area contributed by atoms with E-state index in [-0.39, 0.29) is 5.25 Å². The van der Waals surface area contributed by atoms with E-state index < -0.39 is 0 Å². The maximum Gasteiger partial charge on any atom is 0.160 e. The van der Waals surface area contributed by atoms with Gasteiger partial charge in [-0.25, -0.2) is 4.99 Å². The van der Waals surface area contributed by atoms with Crippen molar-refractivity contribution in [2.75, 3.05) is 0 Å². The Kier molecular flexibility index (Phi) is 3.02. The van der Waals surface area contributed by atoms with Crippen LogP contribution in [-0.2, 0) is 0 Å². The lowest BCUT2D eigenvalue weighted by molar-refractivity contribution is 1.14. The number of thioether (sulfide) groups is 1. The first-order valence-electron chi connectivity index (χ1n) is 5.60. The smallest absolute Gasteiger partial charge is 0.160 e. The fourth-order valence-corrected chi connectivity index (χ4v) is 3.46. The van der Waals surface area contributed by atoms with Gasteiger partial charge >= 0.3 is 0 Å². The van der Waals surface area contributed by atoms with E-state index in [1.807, 2.05) is 36.4 Å². The molecule has 0 saturated heterocycles. The molecule has 1 atom stereocenters. The van der Waals surface area contributed by atoms with E-state index in [1.54, 1.807) is 0 Å². The van der Waals surface area contributed by atoms with Gasteiger partial charge in [-0.2, -0.15) is 0 Å². The van der Waals surface area contributed by atoms with Gasteiger partial charge in [-0.15, -0.1) is 0 Å². The first-order valence-corrected chi connectivity index (χ1v) is 6.85. The molecule has 0 saturated carbocycles. The third-order valence-corrected chi connectivity index (χ3v) is 4.27. The van der Waals surface area contributed by atoms with Crippen LogP contribution in [0.4, 0.5) is 5.69 Å². The van der Waals surface area contributed by atoms with Gasteiger partial charge in [0.15, 0.2) is 5.17 Å². The van der Waals surface area contributed by atoms with Crippen molar-refractivity contribution in [2.45, 2.75) is 5.25 Å². The maximum absolute atomic E-state index is 6.31. The highest BCUT2D eigenvalue weighted by molar-refractivity contribution is 8.14. The van der Waals surface area contributed by atoms with Gasteiger partial charge in [-0.3, -0.25) is 0 Å². The number of rotatable bonds is 1. The molecule has 0 spiro atoms. The largest absolute Gasteiger partial charge is 0.378 e. The molecule has 1 heterocycles. The van der Waals surface area contributed by atoms with Crippen LogP contribution in [0.3, 0.4) is 0 Å². The summed E-state index contributed by atoms with van der Waals surface area (Å²) in [6, 6.07) is 16.0. The van der Waals surface area contributed by atoms with Gasteiger partial charge in [0.05, 0.1) is 10.9 Å². The number of nitrogens with zero attached hydrogens (tertiary/aromatic N) is 1. The number of fused-ring (bicyclic) bond motifs is 1. The minimum atomic E-state index is 0.118. The normalized spacial score (nSPS) is 18.1. The van der Waals surface area contributed by atoms with E-state index in [2.05, 4.69) is 17.1 Å². The van der Waals surface area contributed by atoms with Crippen molar-refractivity contribution in [3.8, 4) is 0 Å². The molecule has 18 heavy (non-hydrogen) atoms. The van der Waals surface area contributed by atoms with Crippen LogP contribution in [0.15, 0.2) is 53.5 Å². The van der Waals surface area contributed by atoms with Crippen LogP contribution in [-0.4, -0.2) is 5.17 Å². The maximum atomic E-state index is 6.31. The molecule has 0 radical (unpaired) electrons. The molecule has 2 aromatic carbocycles. The molecule has 2 N–H and O–H groups in total. The van der Waals surface area contributed by atoms with Crippen LogP contribution >= 0.6 is 23.4 Å². The number of amidine groups is 1. The fourth-order valence-electron chi connectivity index (χ4n) is 2.07. The van der Waals surface area contributed by atoms with E-state index >= 15 is 0 Å². The lowest BCUT2D eigenvalue weighted by Gasteiger charge is -2.24. The van der Waals surface area contributed by atoms with Crippen molar-refractivity contribution >= 4 is 34.2 Å². The highest BCUT2D eigenvalue weighted by atomic mass is 35.5. The lowest BCUT2D eigenvalue weighted by Crippen LogP contribution is -2.14. The molecule has 0 aliphatic carbocycles. The zero-order valence-electron chi connectivity index (χ0n) is 9.51. The summed E-state index contributed by atoms with van der Waals surface area (Å²) in [6.07, 6.45) is 0. The summed E-state index contributed by atoms with van der Waals surface area (Å²) in [4.78, 5) is 4.36. The number of hydrogen-bond acceptors (Lipinski definition) is 3. The van der Waals surface area contributed by atoms with Crippen molar-refractivity contribution in [1.29, 1.82) is 0 Å². The standard InChI is InChI=1S/C14H11ClN2S/c15-10-7-4-8-11-12(10)13(18-14(16)17-11)9-5-2-1-3-6-9/h1-8,13H,(H2,16,17). The lowest BCUT2D eigenvalue weighted by atomic mass is 10.0. The summed E-state index contributed by atoms with van der Waals surface area (Å²) in [5.41, 5.74) is 9.00. The summed E-state index contributed by atoms with van der Waals surface area (Å²) in [5.74, 6) is 0. The molecule has 0 amide bonds. The van der Waals surface area contributed by atoms with Gasteiger partial charge in [0, 0.05) is 10.6 Å². The molecule has 4 heteroatoms.